The van der Waals surface area contributed by atoms with E-state index in [4.69, 9.17) is 16.3 Å². The fourth-order valence-electron chi connectivity index (χ4n) is 2.48. The van der Waals surface area contributed by atoms with E-state index >= 15 is 0 Å². The van der Waals surface area contributed by atoms with E-state index in [1.54, 1.807) is 15.5 Å². The summed E-state index contributed by atoms with van der Waals surface area (Å²) in [5, 5.41) is 0.243. The third-order valence-corrected chi connectivity index (χ3v) is 3.82. The van der Waals surface area contributed by atoms with Crippen LogP contribution in [0.15, 0.2) is 24.4 Å². The van der Waals surface area contributed by atoms with Crippen LogP contribution in [0.3, 0.4) is 0 Å². The second-order valence-electron chi connectivity index (χ2n) is 5.13. The van der Waals surface area contributed by atoms with Gasteiger partial charge in [-0.1, -0.05) is 17.7 Å². The average Bonchev–Trinajstić information content (AvgIpc) is 2.76. The van der Waals surface area contributed by atoms with Crippen LogP contribution in [0.5, 0.6) is 0 Å². The number of aromatic nitrogens is 2. The van der Waals surface area contributed by atoms with Crippen molar-refractivity contribution in [3.05, 3.63) is 35.2 Å². The zero-order valence-electron chi connectivity index (χ0n) is 11.4. The van der Waals surface area contributed by atoms with E-state index in [-0.39, 0.29) is 23.2 Å². The molecule has 2 atom stereocenters. The molecule has 2 aromatic rings. The minimum absolute atomic E-state index is 0.0315. The van der Waals surface area contributed by atoms with Crippen molar-refractivity contribution < 1.29 is 9.53 Å². The monoisotopic (exact) mass is 293 g/mol. The van der Waals surface area contributed by atoms with Gasteiger partial charge in [0.05, 0.1) is 18.8 Å². The van der Waals surface area contributed by atoms with E-state index in [2.05, 4.69) is 4.98 Å². The van der Waals surface area contributed by atoms with Crippen molar-refractivity contribution in [3.8, 4) is 0 Å². The van der Waals surface area contributed by atoms with E-state index in [9.17, 15) is 4.79 Å². The van der Waals surface area contributed by atoms with Gasteiger partial charge in [-0.15, -0.1) is 0 Å². The topological polar surface area (TPSA) is 46.8 Å². The van der Waals surface area contributed by atoms with Crippen molar-refractivity contribution in [3.63, 3.8) is 0 Å². The maximum Gasteiger partial charge on any atom is 0.274 e. The molecule has 1 amide bonds. The van der Waals surface area contributed by atoms with Gasteiger partial charge >= 0.3 is 0 Å². The number of morpholine rings is 1. The summed E-state index contributed by atoms with van der Waals surface area (Å²) >= 11 is 6.16. The number of amides is 1. The van der Waals surface area contributed by atoms with Crippen LogP contribution in [0.2, 0.25) is 5.15 Å². The molecule has 5 nitrogen and oxygen atoms in total. The highest BCUT2D eigenvalue weighted by atomic mass is 35.5. The number of halogens is 1. The van der Waals surface area contributed by atoms with Gasteiger partial charge in [-0.25, -0.2) is 4.98 Å². The van der Waals surface area contributed by atoms with Gasteiger partial charge in [0.1, 0.15) is 5.65 Å². The highest BCUT2D eigenvalue weighted by Gasteiger charge is 2.31. The Balaban J connectivity index is 2.02. The van der Waals surface area contributed by atoms with Gasteiger partial charge in [-0.3, -0.25) is 9.20 Å². The number of nitrogens with zero attached hydrogens (tertiary/aromatic N) is 3. The van der Waals surface area contributed by atoms with E-state index in [0.29, 0.717) is 24.5 Å². The van der Waals surface area contributed by atoms with Crippen molar-refractivity contribution in [2.75, 3.05) is 13.2 Å². The molecule has 1 saturated heterocycles. The molecule has 6 heteroatoms. The zero-order chi connectivity index (χ0) is 14.3. The molecule has 0 unspecified atom stereocenters. The highest BCUT2D eigenvalue weighted by molar-refractivity contribution is 6.32. The summed E-state index contributed by atoms with van der Waals surface area (Å²) in [4.78, 5) is 18.8. The largest absolute Gasteiger partial charge is 0.375 e. The first-order valence-electron chi connectivity index (χ1n) is 6.63. The van der Waals surface area contributed by atoms with Crippen LogP contribution in [-0.4, -0.2) is 45.5 Å². The summed E-state index contributed by atoms with van der Waals surface area (Å²) in [6.45, 7) is 5.04. The Morgan fingerprint density at radius 2 is 2.25 bits per heavy atom. The molecule has 0 N–H and O–H groups in total. The third kappa shape index (κ3) is 2.17. The molecular formula is C14H16ClN3O2. The Labute approximate surface area is 122 Å². The number of carbonyl (C=O) groups excluding carboxylic acids is 1. The Kier molecular flexibility index (Phi) is 3.40. The lowest BCUT2D eigenvalue weighted by molar-refractivity contribution is -0.0389. The van der Waals surface area contributed by atoms with E-state index in [1.807, 2.05) is 32.0 Å². The maximum atomic E-state index is 12.8. The number of hydrogen-bond acceptors (Lipinski definition) is 3. The van der Waals surface area contributed by atoms with E-state index < -0.39 is 0 Å². The Bertz CT molecular complexity index is 655. The van der Waals surface area contributed by atoms with Crippen molar-refractivity contribution in [1.82, 2.24) is 14.3 Å². The first-order chi connectivity index (χ1) is 9.58. The molecule has 3 heterocycles. The molecule has 1 aliphatic heterocycles. The summed E-state index contributed by atoms with van der Waals surface area (Å²) in [6, 6.07) is 5.58. The Morgan fingerprint density at radius 1 is 1.45 bits per heavy atom. The first kappa shape index (κ1) is 13.4. The molecule has 1 aliphatic rings. The van der Waals surface area contributed by atoms with Crippen LogP contribution < -0.4 is 0 Å². The third-order valence-electron chi connectivity index (χ3n) is 3.56. The van der Waals surface area contributed by atoms with Gasteiger partial charge in [0.15, 0.2) is 10.8 Å². The second kappa shape index (κ2) is 5.07. The van der Waals surface area contributed by atoms with Gasteiger partial charge in [-0.2, -0.15) is 0 Å². The predicted octanol–water partition coefficient (Wildman–Crippen LogP) is 2.24. The maximum absolute atomic E-state index is 12.8. The standard InChI is InChI=1S/C14H16ClN3O2/c1-9-8-20-10(2)7-18(9)14(19)12-13(15)16-11-5-3-4-6-17(11)12/h3-6,9-10H,7-8H2,1-2H3/t9-,10-/m0/s1. The van der Waals surface area contributed by atoms with Crippen LogP contribution in [0.1, 0.15) is 24.3 Å². The molecule has 20 heavy (non-hydrogen) atoms. The van der Waals surface area contributed by atoms with Crippen LogP contribution in [-0.2, 0) is 4.74 Å². The molecule has 106 valence electrons. The average molecular weight is 294 g/mol. The second-order valence-corrected chi connectivity index (χ2v) is 5.49. The summed E-state index contributed by atoms with van der Waals surface area (Å²) in [6.07, 6.45) is 1.84. The van der Waals surface area contributed by atoms with Crippen LogP contribution in [0.4, 0.5) is 0 Å². The number of rotatable bonds is 1. The van der Waals surface area contributed by atoms with Crippen molar-refractivity contribution in [2.24, 2.45) is 0 Å². The van der Waals surface area contributed by atoms with E-state index in [0.717, 1.165) is 0 Å². The van der Waals surface area contributed by atoms with Crippen LogP contribution >= 0.6 is 11.6 Å². The first-order valence-corrected chi connectivity index (χ1v) is 7.01. The molecular weight excluding hydrogens is 278 g/mol. The molecule has 1 fully saturated rings. The van der Waals surface area contributed by atoms with Gasteiger partial charge in [0, 0.05) is 12.7 Å². The highest BCUT2D eigenvalue weighted by Crippen LogP contribution is 2.22. The lowest BCUT2D eigenvalue weighted by atomic mass is 10.2. The van der Waals surface area contributed by atoms with Gasteiger partial charge in [0.25, 0.3) is 5.91 Å². The normalized spacial score (nSPS) is 23.2. The lowest BCUT2D eigenvalue weighted by Gasteiger charge is -2.36. The van der Waals surface area contributed by atoms with Crippen molar-refractivity contribution in [2.45, 2.75) is 26.0 Å². The molecule has 3 rings (SSSR count). The SMILES string of the molecule is C[C@H]1CN(C(=O)c2c(Cl)nc3ccccn23)[C@@H](C)CO1. The fraction of sp³-hybridized carbons (Fsp3) is 0.429. The molecule has 0 bridgehead atoms. The Morgan fingerprint density at radius 3 is 3.05 bits per heavy atom. The minimum Gasteiger partial charge on any atom is -0.375 e. The smallest absolute Gasteiger partial charge is 0.274 e. The number of hydrogen-bond donors (Lipinski definition) is 0. The molecule has 0 radical (unpaired) electrons. The summed E-state index contributed by atoms with van der Waals surface area (Å²) in [5.74, 6) is -0.101. The van der Waals surface area contributed by atoms with Crippen LogP contribution in [0.25, 0.3) is 5.65 Å². The summed E-state index contributed by atoms with van der Waals surface area (Å²) < 4.78 is 7.29. The molecule has 0 aromatic carbocycles. The Hall–Kier alpha value is -1.59. The minimum atomic E-state index is -0.101. The van der Waals surface area contributed by atoms with Gasteiger partial charge < -0.3 is 9.64 Å². The molecule has 2 aromatic heterocycles. The summed E-state index contributed by atoms with van der Waals surface area (Å²) in [5.41, 5.74) is 1.10. The molecule has 0 aliphatic carbocycles. The quantitative estimate of drug-likeness (QED) is 0.810. The fourth-order valence-corrected chi connectivity index (χ4v) is 2.74. The van der Waals surface area contributed by atoms with Crippen LogP contribution in [0, 0.1) is 0 Å². The van der Waals surface area contributed by atoms with E-state index in [1.165, 1.54) is 0 Å². The van der Waals surface area contributed by atoms with Gasteiger partial charge in [-0.05, 0) is 26.0 Å². The predicted molar refractivity (Wildman–Crippen MR) is 76.1 cm³/mol. The number of imidazole rings is 1. The molecule has 0 spiro atoms. The van der Waals surface area contributed by atoms with Gasteiger partial charge in [0.2, 0.25) is 0 Å². The van der Waals surface area contributed by atoms with Crippen molar-refractivity contribution >= 4 is 23.2 Å². The number of pyridine rings is 1. The number of fused-ring (bicyclic) bond motifs is 1. The zero-order valence-corrected chi connectivity index (χ0v) is 12.2. The number of carbonyl (C=O) groups is 1. The summed E-state index contributed by atoms with van der Waals surface area (Å²) in [7, 11) is 0. The lowest BCUT2D eigenvalue weighted by Crippen LogP contribution is -2.50. The molecule has 0 saturated carbocycles. The number of ether oxygens (including phenoxy) is 1. The van der Waals surface area contributed by atoms with Crippen molar-refractivity contribution in [1.29, 1.82) is 0 Å².